The zero-order chi connectivity index (χ0) is 9.14. The molecule has 0 aromatic heterocycles. The molecule has 0 saturated heterocycles. The Hall–Kier alpha value is -0.230. The van der Waals surface area contributed by atoms with Gasteiger partial charge in [0.2, 0.25) is 0 Å². The summed E-state index contributed by atoms with van der Waals surface area (Å²) >= 11 is 14.8. The molecule has 0 amide bonds. The molecule has 1 aromatic rings. The molecule has 0 spiro atoms. The lowest BCUT2D eigenvalue weighted by molar-refractivity contribution is 1.26. The van der Waals surface area contributed by atoms with Gasteiger partial charge in [-0.05, 0) is 33.6 Å². The fourth-order valence-electron chi connectivity index (χ4n) is 0.801. The molecule has 0 unspecified atom stereocenters. The molecule has 4 heteroatoms. The van der Waals surface area contributed by atoms with E-state index in [0.717, 1.165) is 10.0 Å². The zero-order valence-corrected chi connectivity index (χ0v) is 9.04. The predicted molar refractivity (Wildman–Crippen MR) is 53.5 cm³/mol. The highest BCUT2D eigenvalue weighted by atomic mass is 79.9. The average molecular weight is 265 g/mol. The van der Waals surface area contributed by atoms with Gasteiger partial charge in [0.25, 0.3) is 0 Å². The van der Waals surface area contributed by atoms with Gasteiger partial charge in [0.05, 0.1) is 22.5 Å². The highest BCUT2D eigenvalue weighted by Crippen LogP contribution is 2.31. The first-order valence-electron chi connectivity index (χ1n) is 3.15. The van der Waals surface area contributed by atoms with Crippen molar-refractivity contribution < 1.29 is 0 Å². The lowest BCUT2D eigenvalue weighted by Crippen LogP contribution is -1.82. The van der Waals surface area contributed by atoms with Crippen LogP contribution >= 0.6 is 39.1 Å². The minimum atomic E-state index is 0.343. The van der Waals surface area contributed by atoms with Crippen LogP contribution in [0.5, 0.6) is 0 Å². The molecular weight excluding hydrogens is 261 g/mol. The molecular formula is C8H4BrCl2N. The second-order valence-electron chi connectivity index (χ2n) is 2.21. The first-order valence-corrected chi connectivity index (χ1v) is 4.70. The molecule has 1 nitrogen and oxygen atoms in total. The van der Waals surface area contributed by atoms with Gasteiger partial charge in [0.15, 0.2) is 0 Å². The van der Waals surface area contributed by atoms with Gasteiger partial charge in [-0.1, -0.05) is 23.2 Å². The molecule has 0 aliphatic carbocycles. The fourth-order valence-corrected chi connectivity index (χ4v) is 1.77. The van der Waals surface area contributed by atoms with E-state index < -0.39 is 0 Å². The minimum Gasteiger partial charge on any atom is -0.198 e. The molecule has 12 heavy (non-hydrogen) atoms. The molecule has 0 aliphatic heterocycles. The summed E-state index contributed by atoms with van der Waals surface area (Å²) in [6, 6.07) is 5.52. The van der Waals surface area contributed by atoms with Gasteiger partial charge in [0, 0.05) is 4.47 Å². The molecule has 62 valence electrons. The summed E-state index contributed by atoms with van der Waals surface area (Å²) in [5.41, 5.74) is 0.860. The maximum atomic E-state index is 8.43. The van der Waals surface area contributed by atoms with Crippen molar-refractivity contribution in [3.63, 3.8) is 0 Å². The molecule has 0 bridgehead atoms. The molecule has 0 saturated carbocycles. The van der Waals surface area contributed by atoms with Gasteiger partial charge >= 0.3 is 0 Å². The van der Waals surface area contributed by atoms with E-state index in [1.807, 2.05) is 6.07 Å². The van der Waals surface area contributed by atoms with Crippen LogP contribution in [0.4, 0.5) is 0 Å². The number of halogens is 3. The van der Waals surface area contributed by atoms with Gasteiger partial charge in [-0.3, -0.25) is 0 Å². The Morgan fingerprint density at radius 1 is 1.42 bits per heavy atom. The van der Waals surface area contributed by atoms with E-state index >= 15 is 0 Å². The van der Waals surface area contributed by atoms with E-state index in [1.54, 1.807) is 12.1 Å². The summed E-state index contributed by atoms with van der Waals surface area (Å²) < 4.78 is 0.724. The molecule has 0 fully saturated rings. The van der Waals surface area contributed by atoms with Crippen molar-refractivity contribution in [3.05, 3.63) is 32.2 Å². The Morgan fingerprint density at radius 2 is 2.08 bits per heavy atom. The van der Waals surface area contributed by atoms with E-state index in [4.69, 9.17) is 28.5 Å². The van der Waals surface area contributed by atoms with Crippen LogP contribution in [0.2, 0.25) is 10.0 Å². The summed E-state index contributed by atoms with van der Waals surface area (Å²) in [5, 5.41) is 9.38. The Kier molecular flexibility index (Phi) is 3.39. The second kappa shape index (κ2) is 4.13. The van der Waals surface area contributed by atoms with Crippen molar-refractivity contribution >= 4 is 39.1 Å². The number of benzene rings is 1. The number of nitrogens with zero attached hydrogens (tertiary/aromatic N) is 1. The van der Waals surface area contributed by atoms with Gasteiger partial charge in [-0.25, -0.2) is 0 Å². The standard InChI is InChI=1S/C8H4BrCl2N/c9-6-3-5(1-2-12)4-7(10)8(6)11/h3-4H,1H2. The van der Waals surface area contributed by atoms with Gasteiger partial charge in [-0.2, -0.15) is 5.26 Å². The van der Waals surface area contributed by atoms with Crippen LogP contribution in [-0.2, 0) is 6.42 Å². The normalized spacial score (nSPS) is 9.50. The van der Waals surface area contributed by atoms with Crippen molar-refractivity contribution in [3.8, 4) is 6.07 Å². The smallest absolute Gasteiger partial charge is 0.0734 e. The van der Waals surface area contributed by atoms with Crippen LogP contribution < -0.4 is 0 Å². The van der Waals surface area contributed by atoms with Crippen molar-refractivity contribution in [2.45, 2.75) is 6.42 Å². The number of nitriles is 1. The summed E-state index contributed by atoms with van der Waals surface area (Å²) in [5.74, 6) is 0. The molecule has 0 radical (unpaired) electrons. The summed E-state index contributed by atoms with van der Waals surface area (Å²) in [4.78, 5) is 0. The van der Waals surface area contributed by atoms with E-state index in [-0.39, 0.29) is 0 Å². The molecule has 0 aliphatic rings. The van der Waals surface area contributed by atoms with Crippen LogP contribution in [0, 0.1) is 11.3 Å². The number of hydrogen-bond donors (Lipinski definition) is 0. The Bertz CT molecular complexity index is 320. The van der Waals surface area contributed by atoms with Crippen molar-refractivity contribution in [2.24, 2.45) is 0 Å². The van der Waals surface area contributed by atoms with Crippen LogP contribution in [0.1, 0.15) is 5.56 Å². The third kappa shape index (κ3) is 2.13. The average Bonchev–Trinajstić information content (AvgIpc) is 2.01. The van der Waals surface area contributed by atoms with Gasteiger partial charge in [-0.15, -0.1) is 0 Å². The summed E-state index contributed by atoms with van der Waals surface area (Å²) in [6.07, 6.45) is 0.343. The Morgan fingerprint density at radius 3 is 2.58 bits per heavy atom. The Balaban J connectivity index is 3.14. The lowest BCUT2D eigenvalue weighted by Gasteiger charge is -2.01. The lowest BCUT2D eigenvalue weighted by atomic mass is 10.2. The van der Waals surface area contributed by atoms with Crippen LogP contribution in [0.25, 0.3) is 0 Å². The molecule has 0 atom stereocenters. The Labute approximate surface area is 89.0 Å². The molecule has 0 heterocycles. The highest BCUT2D eigenvalue weighted by molar-refractivity contribution is 9.10. The van der Waals surface area contributed by atoms with Gasteiger partial charge < -0.3 is 0 Å². The largest absolute Gasteiger partial charge is 0.198 e. The second-order valence-corrected chi connectivity index (χ2v) is 3.85. The topological polar surface area (TPSA) is 23.8 Å². The molecule has 0 N–H and O–H groups in total. The number of hydrogen-bond acceptors (Lipinski definition) is 1. The van der Waals surface area contributed by atoms with Crippen LogP contribution in [-0.4, -0.2) is 0 Å². The van der Waals surface area contributed by atoms with Crippen molar-refractivity contribution in [1.29, 1.82) is 5.26 Å². The van der Waals surface area contributed by atoms with E-state index in [1.165, 1.54) is 0 Å². The van der Waals surface area contributed by atoms with Gasteiger partial charge in [0.1, 0.15) is 0 Å². The van der Waals surface area contributed by atoms with E-state index in [9.17, 15) is 0 Å². The molecule has 1 aromatic carbocycles. The minimum absolute atomic E-state index is 0.343. The summed E-state index contributed by atoms with van der Waals surface area (Å²) in [6.45, 7) is 0. The van der Waals surface area contributed by atoms with Crippen molar-refractivity contribution in [2.75, 3.05) is 0 Å². The molecule has 1 rings (SSSR count). The quantitative estimate of drug-likeness (QED) is 0.708. The maximum Gasteiger partial charge on any atom is 0.0734 e. The van der Waals surface area contributed by atoms with Crippen LogP contribution in [0.3, 0.4) is 0 Å². The highest BCUT2D eigenvalue weighted by Gasteiger charge is 2.04. The first-order chi connectivity index (χ1) is 5.65. The third-order valence-electron chi connectivity index (χ3n) is 1.33. The van der Waals surface area contributed by atoms with Crippen LogP contribution in [0.15, 0.2) is 16.6 Å². The third-order valence-corrected chi connectivity index (χ3v) is 2.98. The van der Waals surface area contributed by atoms with E-state index in [0.29, 0.717) is 16.5 Å². The monoisotopic (exact) mass is 263 g/mol. The maximum absolute atomic E-state index is 8.43. The fraction of sp³-hybridized carbons (Fsp3) is 0.125. The predicted octanol–water partition coefficient (Wildman–Crippen LogP) is 3.82. The number of rotatable bonds is 1. The van der Waals surface area contributed by atoms with Crippen molar-refractivity contribution in [1.82, 2.24) is 0 Å². The summed E-state index contributed by atoms with van der Waals surface area (Å²) in [7, 11) is 0. The SMILES string of the molecule is N#CCc1cc(Cl)c(Cl)c(Br)c1. The zero-order valence-electron chi connectivity index (χ0n) is 5.94. The first kappa shape index (κ1) is 9.85. The van der Waals surface area contributed by atoms with E-state index in [2.05, 4.69) is 15.9 Å².